The molecule has 4 heterocycles. The van der Waals surface area contributed by atoms with E-state index in [0.717, 1.165) is 0 Å². The molecule has 3 aromatic rings. The van der Waals surface area contributed by atoms with Gasteiger partial charge in [-0.2, -0.15) is 0 Å². The van der Waals surface area contributed by atoms with E-state index in [4.69, 9.17) is 9.47 Å². The highest BCUT2D eigenvalue weighted by Gasteiger charge is 2.32. The Morgan fingerprint density at radius 3 is 2.73 bits per heavy atom. The van der Waals surface area contributed by atoms with Crippen LogP contribution in [-0.2, 0) is 9.47 Å². The van der Waals surface area contributed by atoms with Crippen molar-refractivity contribution in [2.75, 3.05) is 43.1 Å². The maximum atomic E-state index is 14.3. The Kier molecular flexibility index (Phi) is 7.58. The fourth-order valence-corrected chi connectivity index (χ4v) is 4.05. The normalized spacial score (nSPS) is 16.1. The van der Waals surface area contributed by atoms with Crippen LogP contribution in [0.15, 0.2) is 30.9 Å². The van der Waals surface area contributed by atoms with Gasteiger partial charge < -0.3 is 24.1 Å². The molecule has 2 amide bonds. The highest BCUT2D eigenvalue weighted by atomic mass is 19.1. The molecule has 0 saturated carbocycles. The Labute approximate surface area is 214 Å². The Morgan fingerprint density at radius 1 is 1.27 bits per heavy atom. The van der Waals surface area contributed by atoms with Crippen LogP contribution in [0.1, 0.15) is 43.9 Å². The molecule has 0 bridgehead atoms. The summed E-state index contributed by atoms with van der Waals surface area (Å²) in [5, 5.41) is 2.65. The van der Waals surface area contributed by atoms with Crippen molar-refractivity contribution in [1.82, 2.24) is 24.3 Å². The minimum absolute atomic E-state index is 0.0819. The minimum atomic E-state index is -0.596. The summed E-state index contributed by atoms with van der Waals surface area (Å²) in [5.41, 5.74) is 0.610. The predicted octanol–water partition coefficient (Wildman–Crippen LogP) is 3.29. The van der Waals surface area contributed by atoms with Gasteiger partial charge in [0.25, 0.3) is 5.91 Å². The monoisotopic (exact) mass is 513 g/mol. The molecule has 4 rings (SSSR count). The first kappa shape index (κ1) is 26.3. The third-order valence-electron chi connectivity index (χ3n) is 5.75. The number of imidazole rings is 1. The van der Waals surface area contributed by atoms with Crippen molar-refractivity contribution in [3.05, 3.63) is 48.1 Å². The topological polar surface area (TPSA) is 114 Å². The summed E-state index contributed by atoms with van der Waals surface area (Å²) < 4.78 is 27.0. The summed E-state index contributed by atoms with van der Waals surface area (Å²) in [4.78, 5) is 41.9. The summed E-state index contributed by atoms with van der Waals surface area (Å²) in [6.07, 6.45) is 5.74. The zero-order chi connectivity index (χ0) is 26.7. The molecule has 12 heteroatoms. The number of carbonyl (C=O) groups excluding carboxylic acids is 2. The number of anilines is 2. The second kappa shape index (κ2) is 10.7. The van der Waals surface area contributed by atoms with Crippen LogP contribution in [0.4, 0.5) is 20.7 Å². The van der Waals surface area contributed by atoms with E-state index in [-0.39, 0.29) is 29.2 Å². The fraction of sp³-hybridized carbons (Fsp3) is 0.480. The third-order valence-corrected chi connectivity index (χ3v) is 5.75. The number of hydrogen-bond donors (Lipinski definition) is 1. The van der Waals surface area contributed by atoms with Crippen LogP contribution in [0.25, 0.3) is 5.65 Å². The smallest absolute Gasteiger partial charge is 0.410 e. The molecule has 0 unspecified atom stereocenters. The number of carbonyl (C=O) groups is 2. The van der Waals surface area contributed by atoms with Gasteiger partial charge in [-0.05, 0) is 34.6 Å². The Bertz CT molecular complexity index is 1270. The summed E-state index contributed by atoms with van der Waals surface area (Å²) in [7, 11) is 0. The number of halogens is 1. The molecule has 37 heavy (non-hydrogen) atoms. The molecule has 3 aromatic heterocycles. The lowest BCUT2D eigenvalue weighted by molar-refractivity contribution is -0.0303. The van der Waals surface area contributed by atoms with Crippen molar-refractivity contribution in [1.29, 1.82) is 0 Å². The van der Waals surface area contributed by atoms with E-state index in [1.54, 1.807) is 24.2 Å². The first-order chi connectivity index (χ1) is 17.5. The van der Waals surface area contributed by atoms with Crippen molar-refractivity contribution in [3.8, 4) is 0 Å². The first-order valence-corrected chi connectivity index (χ1v) is 12.1. The van der Waals surface area contributed by atoms with Gasteiger partial charge in [-0.15, -0.1) is 0 Å². The standard InChI is InChI=1S/C25H32FN7O4/c1-6-31(14-18-15-36-8-7-33(18)24(35)37-25(3,4)5)21-11-27-20(10-28-21)23(34)30-17-9-19(26)22-29-16(2)12-32(22)13-17/h9-13,18H,6-8,14-15H2,1-5H3,(H,30,34)/t18-/m1/s1. The Balaban J connectivity index is 1.43. The number of amides is 2. The molecule has 198 valence electrons. The second-order valence-corrected chi connectivity index (χ2v) is 9.84. The molecule has 1 atom stereocenters. The average Bonchev–Trinajstić information content (AvgIpc) is 3.22. The minimum Gasteiger partial charge on any atom is -0.444 e. The molecular formula is C25H32FN7O4. The van der Waals surface area contributed by atoms with E-state index in [9.17, 15) is 14.0 Å². The van der Waals surface area contributed by atoms with E-state index in [1.165, 1.54) is 22.9 Å². The van der Waals surface area contributed by atoms with Crippen LogP contribution in [0.5, 0.6) is 0 Å². The number of aryl methyl sites for hydroxylation is 1. The number of likely N-dealkylation sites (N-methyl/N-ethyl adjacent to an activating group) is 1. The molecule has 11 nitrogen and oxygen atoms in total. The molecule has 1 N–H and O–H groups in total. The van der Waals surface area contributed by atoms with Crippen molar-refractivity contribution >= 4 is 29.2 Å². The predicted molar refractivity (Wildman–Crippen MR) is 135 cm³/mol. The summed E-state index contributed by atoms with van der Waals surface area (Å²) in [5.74, 6) is -0.511. The SMILES string of the molecule is CCN(C[C@@H]1COCCN1C(=O)OC(C)(C)C)c1cnc(C(=O)Nc2cc(F)c3nc(C)cn3c2)cn1. The summed E-state index contributed by atoms with van der Waals surface area (Å²) in [6.45, 7) is 11.5. The number of rotatable bonds is 6. The zero-order valence-corrected chi connectivity index (χ0v) is 21.7. The van der Waals surface area contributed by atoms with Gasteiger partial charge in [0.2, 0.25) is 0 Å². The molecule has 1 fully saturated rings. The second-order valence-electron chi connectivity index (χ2n) is 9.84. The van der Waals surface area contributed by atoms with Crippen molar-refractivity contribution in [3.63, 3.8) is 0 Å². The average molecular weight is 514 g/mol. The number of ether oxygens (including phenoxy) is 2. The maximum Gasteiger partial charge on any atom is 0.410 e. The summed E-state index contributed by atoms with van der Waals surface area (Å²) >= 11 is 0. The maximum absolute atomic E-state index is 14.3. The van der Waals surface area contributed by atoms with E-state index >= 15 is 0 Å². The molecule has 0 radical (unpaired) electrons. The van der Waals surface area contributed by atoms with Crippen molar-refractivity contribution in [2.45, 2.75) is 46.3 Å². The molecule has 0 aromatic carbocycles. The summed E-state index contributed by atoms with van der Waals surface area (Å²) in [6, 6.07) is 0.980. The van der Waals surface area contributed by atoms with Gasteiger partial charge in [0.15, 0.2) is 11.5 Å². The van der Waals surface area contributed by atoms with Crippen LogP contribution >= 0.6 is 0 Å². The van der Waals surface area contributed by atoms with Crippen LogP contribution in [0.2, 0.25) is 0 Å². The molecule has 1 saturated heterocycles. The number of fused-ring (bicyclic) bond motifs is 1. The number of nitrogens with zero attached hydrogens (tertiary/aromatic N) is 6. The van der Waals surface area contributed by atoms with Gasteiger partial charge in [0.1, 0.15) is 17.1 Å². The molecule has 0 spiro atoms. The first-order valence-electron chi connectivity index (χ1n) is 12.1. The lowest BCUT2D eigenvalue weighted by atomic mass is 10.2. The quantitative estimate of drug-likeness (QED) is 0.534. The molecule has 1 aliphatic rings. The lowest BCUT2D eigenvalue weighted by Gasteiger charge is -2.39. The van der Waals surface area contributed by atoms with E-state index < -0.39 is 17.3 Å². The van der Waals surface area contributed by atoms with E-state index in [0.29, 0.717) is 44.4 Å². The number of aromatic nitrogens is 4. The van der Waals surface area contributed by atoms with Gasteiger partial charge >= 0.3 is 6.09 Å². The molecule has 0 aliphatic carbocycles. The van der Waals surface area contributed by atoms with Gasteiger partial charge in [-0.1, -0.05) is 0 Å². The number of morpholine rings is 1. The van der Waals surface area contributed by atoms with Crippen LogP contribution in [0, 0.1) is 12.7 Å². The fourth-order valence-electron chi connectivity index (χ4n) is 4.05. The van der Waals surface area contributed by atoms with Crippen LogP contribution in [0.3, 0.4) is 0 Å². The van der Waals surface area contributed by atoms with Crippen LogP contribution in [-0.4, -0.2) is 80.7 Å². The lowest BCUT2D eigenvalue weighted by Crippen LogP contribution is -2.54. The highest BCUT2D eigenvalue weighted by molar-refractivity contribution is 6.02. The van der Waals surface area contributed by atoms with Gasteiger partial charge in [-0.3, -0.25) is 9.69 Å². The van der Waals surface area contributed by atoms with Gasteiger partial charge in [0.05, 0.1) is 43.0 Å². The number of hydrogen-bond acceptors (Lipinski definition) is 8. The van der Waals surface area contributed by atoms with Crippen molar-refractivity contribution in [2.24, 2.45) is 0 Å². The van der Waals surface area contributed by atoms with E-state index in [2.05, 4.69) is 20.3 Å². The van der Waals surface area contributed by atoms with Gasteiger partial charge in [0, 0.05) is 38.1 Å². The third kappa shape index (κ3) is 6.31. The molecular weight excluding hydrogens is 481 g/mol. The Morgan fingerprint density at radius 2 is 2.05 bits per heavy atom. The zero-order valence-electron chi connectivity index (χ0n) is 21.7. The van der Waals surface area contributed by atoms with Crippen LogP contribution < -0.4 is 10.2 Å². The molecule has 1 aliphatic heterocycles. The van der Waals surface area contributed by atoms with Gasteiger partial charge in [-0.25, -0.2) is 24.1 Å². The van der Waals surface area contributed by atoms with Crippen molar-refractivity contribution < 1.29 is 23.5 Å². The van der Waals surface area contributed by atoms with E-state index in [1.807, 2.05) is 32.6 Å². The number of nitrogens with one attached hydrogen (secondary N) is 1. The number of pyridine rings is 1. The Hall–Kier alpha value is -3.80. The highest BCUT2D eigenvalue weighted by Crippen LogP contribution is 2.19. The largest absolute Gasteiger partial charge is 0.444 e.